The maximum absolute atomic E-state index is 5.61. The van der Waals surface area contributed by atoms with Crippen molar-refractivity contribution in [1.82, 2.24) is 4.98 Å². The Balaban J connectivity index is 1.74. The first-order valence-electron chi connectivity index (χ1n) is 5.84. The summed E-state index contributed by atoms with van der Waals surface area (Å²) in [6, 6.07) is 4.02. The van der Waals surface area contributed by atoms with Gasteiger partial charge in [-0.1, -0.05) is 0 Å². The van der Waals surface area contributed by atoms with E-state index in [0.29, 0.717) is 25.9 Å². The summed E-state index contributed by atoms with van der Waals surface area (Å²) in [6.07, 6.45) is 2.19. The lowest BCUT2D eigenvalue weighted by molar-refractivity contribution is 0.00398. The zero-order valence-electron chi connectivity index (χ0n) is 10.1. The summed E-state index contributed by atoms with van der Waals surface area (Å²) in [4.78, 5) is 6.51. The van der Waals surface area contributed by atoms with Gasteiger partial charge in [0, 0.05) is 26.7 Å². The number of methoxy groups -OCH3 is 1. The SMILES string of the molecule is COCCOC1CN(c2ccc(CN)nc2)C1. The molecule has 0 unspecified atom stereocenters. The van der Waals surface area contributed by atoms with E-state index in [9.17, 15) is 0 Å². The van der Waals surface area contributed by atoms with Crippen LogP contribution < -0.4 is 10.6 Å². The molecule has 0 spiro atoms. The molecule has 1 aromatic rings. The van der Waals surface area contributed by atoms with E-state index < -0.39 is 0 Å². The normalized spacial score (nSPS) is 16.0. The van der Waals surface area contributed by atoms with E-state index in [1.54, 1.807) is 7.11 Å². The number of hydrogen-bond donors (Lipinski definition) is 1. The molecule has 1 saturated heterocycles. The second-order valence-corrected chi connectivity index (χ2v) is 4.10. The van der Waals surface area contributed by atoms with Crippen LogP contribution in [0.3, 0.4) is 0 Å². The summed E-state index contributed by atoms with van der Waals surface area (Å²) in [6.45, 7) is 3.66. The molecular weight excluding hydrogens is 218 g/mol. The van der Waals surface area contributed by atoms with E-state index in [1.807, 2.05) is 12.3 Å². The Kier molecular flexibility index (Phi) is 4.30. The zero-order chi connectivity index (χ0) is 12.1. The van der Waals surface area contributed by atoms with Crippen LogP contribution in [-0.4, -0.2) is 44.5 Å². The Morgan fingerprint density at radius 2 is 2.24 bits per heavy atom. The van der Waals surface area contributed by atoms with E-state index in [4.69, 9.17) is 15.2 Å². The molecule has 1 aliphatic rings. The van der Waals surface area contributed by atoms with Crippen LogP contribution in [0.1, 0.15) is 5.69 Å². The minimum atomic E-state index is 0.319. The third-order valence-electron chi connectivity index (χ3n) is 2.87. The van der Waals surface area contributed by atoms with E-state index in [2.05, 4.69) is 16.0 Å². The third-order valence-corrected chi connectivity index (χ3v) is 2.87. The minimum absolute atomic E-state index is 0.319. The topological polar surface area (TPSA) is 60.6 Å². The molecular formula is C12H19N3O2. The fourth-order valence-electron chi connectivity index (χ4n) is 1.78. The van der Waals surface area contributed by atoms with Crippen LogP contribution >= 0.6 is 0 Å². The van der Waals surface area contributed by atoms with Gasteiger partial charge >= 0.3 is 0 Å². The number of pyridine rings is 1. The number of nitrogens with zero attached hydrogens (tertiary/aromatic N) is 2. The van der Waals surface area contributed by atoms with Crippen molar-refractivity contribution in [2.24, 2.45) is 5.73 Å². The molecule has 2 heterocycles. The fraction of sp³-hybridized carbons (Fsp3) is 0.583. The summed E-state index contributed by atoms with van der Waals surface area (Å²) in [5, 5.41) is 0. The van der Waals surface area contributed by atoms with Crippen LogP contribution in [0.25, 0.3) is 0 Å². The lowest BCUT2D eigenvalue weighted by Crippen LogP contribution is -2.52. The van der Waals surface area contributed by atoms with Gasteiger partial charge in [-0.05, 0) is 12.1 Å². The van der Waals surface area contributed by atoms with Crippen LogP contribution in [0.2, 0.25) is 0 Å². The zero-order valence-corrected chi connectivity index (χ0v) is 10.1. The average molecular weight is 237 g/mol. The van der Waals surface area contributed by atoms with Crippen LogP contribution in [0.15, 0.2) is 18.3 Å². The molecule has 1 aromatic heterocycles. The number of anilines is 1. The lowest BCUT2D eigenvalue weighted by Gasteiger charge is -2.40. The maximum atomic E-state index is 5.61. The Morgan fingerprint density at radius 3 is 2.82 bits per heavy atom. The van der Waals surface area contributed by atoms with Gasteiger partial charge in [-0.2, -0.15) is 0 Å². The number of ether oxygens (including phenoxy) is 2. The minimum Gasteiger partial charge on any atom is -0.382 e. The second kappa shape index (κ2) is 5.95. The molecule has 0 aliphatic carbocycles. The molecule has 5 heteroatoms. The summed E-state index contributed by atoms with van der Waals surface area (Å²) in [5.74, 6) is 0. The molecule has 0 aromatic carbocycles. The predicted molar refractivity (Wildman–Crippen MR) is 66.0 cm³/mol. The van der Waals surface area contributed by atoms with Crippen molar-refractivity contribution in [2.75, 3.05) is 38.3 Å². The highest BCUT2D eigenvalue weighted by atomic mass is 16.5. The number of hydrogen-bond acceptors (Lipinski definition) is 5. The van der Waals surface area contributed by atoms with Crippen molar-refractivity contribution in [2.45, 2.75) is 12.6 Å². The van der Waals surface area contributed by atoms with Crippen LogP contribution in [0, 0.1) is 0 Å². The first kappa shape index (κ1) is 12.3. The Bertz CT molecular complexity index is 336. The van der Waals surface area contributed by atoms with E-state index in [0.717, 1.165) is 24.5 Å². The summed E-state index contributed by atoms with van der Waals surface area (Å²) < 4.78 is 10.5. The van der Waals surface area contributed by atoms with Crippen molar-refractivity contribution < 1.29 is 9.47 Å². The smallest absolute Gasteiger partial charge is 0.0925 e. The highest BCUT2D eigenvalue weighted by Gasteiger charge is 2.27. The summed E-state index contributed by atoms with van der Waals surface area (Å²) in [7, 11) is 1.68. The van der Waals surface area contributed by atoms with Gasteiger partial charge in [0.25, 0.3) is 0 Å². The average Bonchev–Trinajstić information content (AvgIpc) is 2.32. The van der Waals surface area contributed by atoms with Gasteiger partial charge in [-0.25, -0.2) is 0 Å². The maximum Gasteiger partial charge on any atom is 0.0925 e. The van der Waals surface area contributed by atoms with Crippen molar-refractivity contribution >= 4 is 5.69 Å². The first-order chi connectivity index (χ1) is 8.33. The number of aromatic nitrogens is 1. The van der Waals surface area contributed by atoms with Crippen molar-refractivity contribution in [3.05, 3.63) is 24.0 Å². The molecule has 2 N–H and O–H groups in total. The van der Waals surface area contributed by atoms with Gasteiger partial charge in [0.1, 0.15) is 0 Å². The molecule has 2 rings (SSSR count). The van der Waals surface area contributed by atoms with Crippen LogP contribution in [0.4, 0.5) is 5.69 Å². The van der Waals surface area contributed by atoms with Gasteiger partial charge < -0.3 is 20.1 Å². The van der Waals surface area contributed by atoms with E-state index in [1.165, 1.54) is 0 Å². The van der Waals surface area contributed by atoms with Crippen LogP contribution in [0.5, 0.6) is 0 Å². The fourth-order valence-corrected chi connectivity index (χ4v) is 1.78. The number of rotatable bonds is 6. The molecule has 0 radical (unpaired) electrons. The Hall–Kier alpha value is -1.17. The van der Waals surface area contributed by atoms with Gasteiger partial charge in [0.2, 0.25) is 0 Å². The van der Waals surface area contributed by atoms with E-state index in [-0.39, 0.29) is 0 Å². The second-order valence-electron chi connectivity index (χ2n) is 4.10. The van der Waals surface area contributed by atoms with Crippen LogP contribution in [-0.2, 0) is 16.0 Å². The molecule has 0 bridgehead atoms. The lowest BCUT2D eigenvalue weighted by atomic mass is 10.1. The third kappa shape index (κ3) is 3.15. The molecule has 94 valence electrons. The van der Waals surface area contributed by atoms with Crippen molar-refractivity contribution in [3.63, 3.8) is 0 Å². The van der Waals surface area contributed by atoms with Crippen molar-refractivity contribution in [3.8, 4) is 0 Å². The van der Waals surface area contributed by atoms with Crippen molar-refractivity contribution in [1.29, 1.82) is 0 Å². The number of nitrogens with two attached hydrogens (primary N) is 1. The summed E-state index contributed by atoms with van der Waals surface area (Å²) >= 11 is 0. The Morgan fingerprint density at radius 1 is 1.41 bits per heavy atom. The predicted octanol–water partition coefficient (Wildman–Crippen LogP) is 0.392. The monoisotopic (exact) mass is 237 g/mol. The Labute approximate surface area is 102 Å². The molecule has 0 saturated carbocycles. The van der Waals surface area contributed by atoms with E-state index >= 15 is 0 Å². The first-order valence-corrected chi connectivity index (χ1v) is 5.84. The van der Waals surface area contributed by atoms with Gasteiger partial charge in [0.05, 0.1) is 36.9 Å². The highest BCUT2D eigenvalue weighted by Crippen LogP contribution is 2.21. The quantitative estimate of drug-likeness (QED) is 0.725. The van der Waals surface area contributed by atoms with Gasteiger partial charge in [-0.3, -0.25) is 4.98 Å². The highest BCUT2D eigenvalue weighted by molar-refractivity contribution is 5.47. The molecule has 5 nitrogen and oxygen atoms in total. The summed E-state index contributed by atoms with van der Waals surface area (Å²) in [5.41, 5.74) is 7.56. The van der Waals surface area contributed by atoms with Gasteiger partial charge in [0.15, 0.2) is 0 Å². The molecule has 0 atom stereocenters. The molecule has 17 heavy (non-hydrogen) atoms. The molecule has 1 aliphatic heterocycles. The van der Waals surface area contributed by atoms with Gasteiger partial charge in [-0.15, -0.1) is 0 Å². The molecule has 0 amide bonds. The standard InChI is InChI=1S/C12H19N3O2/c1-16-4-5-17-12-8-15(9-12)11-3-2-10(6-13)14-7-11/h2-3,7,12H,4-6,8-9,13H2,1H3. The molecule has 1 fully saturated rings. The largest absolute Gasteiger partial charge is 0.382 e.